The predicted molar refractivity (Wildman–Crippen MR) is 81.9 cm³/mol. The smallest absolute Gasteiger partial charge is 0.195 e. The minimum absolute atomic E-state index is 0.0516. The number of allylic oxidation sites excluding steroid dienone is 1. The number of Topliss-reactive ketones (excluding diaryl/α,β-unsaturated/α-hetero) is 1. The van der Waals surface area contributed by atoms with Crippen LogP contribution in [0, 0.1) is 5.92 Å². The van der Waals surface area contributed by atoms with Crippen molar-refractivity contribution in [2.24, 2.45) is 5.92 Å². The molecule has 0 amide bonds. The zero-order chi connectivity index (χ0) is 15.9. The van der Waals surface area contributed by atoms with Crippen LogP contribution in [0.1, 0.15) is 30.1 Å². The molecular formula is C15H16ClNO4S. The van der Waals surface area contributed by atoms with Crippen molar-refractivity contribution in [3.63, 3.8) is 0 Å². The number of nitrogens with zero attached hydrogens (tertiary/aromatic N) is 1. The van der Waals surface area contributed by atoms with Crippen LogP contribution in [0.3, 0.4) is 0 Å². The molecule has 0 aromatic heterocycles. The van der Waals surface area contributed by atoms with Crippen LogP contribution < -0.4 is 0 Å². The lowest BCUT2D eigenvalue weighted by molar-refractivity contribution is -0.00914. The third-order valence-corrected chi connectivity index (χ3v) is 5.82. The highest BCUT2D eigenvalue weighted by Gasteiger charge is 2.39. The zero-order valence-electron chi connectivity index (χ0n) is 12.1. The van der Waals surface area contributed by atoms with E-state index in [0.29, 0.717) is 11.3 Å². The van der Waals surface area contributed by atoms with E-state index < -0.39 is 9.84 Å². The Morgan fingerprint density at radius 3 is 2.68 bits per heavy atom. The number of hydroxylamine groups is 1. The number of carbonyl (C=O) groups is 1. The van der Waals surface area contributed by atoms with E-state index in [9.17, 15) is 13.2 Å². The average molecular weight is 342 g/mol. The maximum absolute atomic E-state index is 12.8. The summed E-state index contributed by atoms with van der Waals surface area (Å²) in [5.41, 5.74) is 0.643. The van der Waals surface area contributed by atoms with Crippen molar-refractivity contribution < 1.29 is 18.0 Å². The molecule has 2 aliphatic rings. The summed E-state index contributed by atoms with van der Waals surface area (Å²) in [6.07, 6.45) is 1.93. The van der Waals surface area contributed by atoms with Crippen LogP contribution in [0.25, 0.3) is 0 Å². The molecule has 118 valence electrons. The van der Waals surface area contributed by atoms with Crippen LogP contribution in [-0.4, -0.2) is 31.1 Å². The van der Waals surface area contributed by atoms with Gasteiger partial charge in [-0.1, -0.05) is 19.1 Å². The first-order chi connectivity index (χ1) is 10.4. The van der Waals surface area contributed by atoms with Gasteiger partial charge in [0.15, 0.2) is 15.6 Å². The molecule has 0 unspecified atom stereocenters. The van der Waals surface area contributed by atoms with Gasteiger partial charge in [-0.25, -0.2) is 8.42 Å². The third kappa shape index (κ3) is 2.78. The number of hydrogen-bond donors (Lipinski definition) is 0. The molecule has 1 aliphatic carbocycles. The van der Waals surface area contributed by atoms with E-state index in [-0.39, 0.29) is 34.5 Å². The fraction of sp³-hybridized carbons (Fsp3) is 0.400. The SMILES string of the molecule is CCS(=O)(=O)c1ccccc1C(=O)C1=C(C2CC2)ON(Cl)C1. The van der Waals surface area contributed by atoms with Crippen molar-refractivity contribution in [1.82, 2.24) is 4.58 Å². The van der Waals surface area contributed by atoms with Gasteiger partial charge in [0.25, 0.3) is 0 Å². The van der Waals surface area contributed by atoms with Crippen LogP contribution in [0.15, 0.2) is 40.5 Å². The van der Waals surface area contributed by atoms with E-state index in [1.165, 1.54) is 6.07 Å². The Morgan fingerprint density at radius 1 is 1.36 bits per heavy atom. The summed E-state index contributed by atoms with van der Waals surface area (Å²) in [6.45, 7) is 1.72. The molecule has 3 rings (SSSR count). The lowest BCUT2D eigenvalue weighted by Crippen LogP contribution is -2.15. The number of benzene rings is 1. The van der Waals surface area contributed by atoms with Crippen molar-refractivity contribution in [2.75, 3.05) is 12.3 Å². The molecule has 7 heteroatoms. The average Bonchev–Trinajstić information content (AvgIpc) is 3.29. The standard InChI is InChI=1S/C15H16ClNO4S/c1-2-22(19,20)13-6-4-3-5-11(13)14(18)12-9-17(16)21-15(12)10-7-8-10/h3-6,10H,2,7-9H2,1H3. The Bertz CT molecular complexity index is 753. The van der Waals surface area contributed by atoms with Crippen LogP contribution in [0.2, 0.25) is 0 Å². The quantitative estimate of drug-likeness (QED) is 0.608. The van der Waals surface area contributed by atoms with Gasteiger partial charge in [-0.15, -0.1) is 0 Å². The maximum atomic E-state index is 12.8. The van der Waals surface area contributed by atoms with Crippen molar-refractivity contribution >= 4 is 27.4 Å². The van der Waals surface area contributed by atoms with E-state index >= 15 is 0 Å². The van der Waals surface area contributed by atoms with Crippen molar-refractivity contribution in [3.8, 4) is 0 Å². The largest absolute Gasteiger partial charge is 0.394 e. The highest BCUT2D eigenvalue weighted by atomic mass is 35.5. The van der Waals surface area contributed by atoms with Gasteiger partial charge < -0.3 is 4.84 Å². The van der Waals surface area contributed by atoms with Gasteiger partial charge in [0, 0.05) is 23.3 Å². The Morgan fingerprint density at radius 2 is 2.05 bits per heavy atom. The van der Waals surface area contributed by atoms with E-state index in [0.717, 1.165) is 17.4 Å². The first-order valence-corrected chi connectivity index (χ1v) is 9.14. The topological polar surface area (TPSA) is 63.7 Å². The molecule has 1 aliphatic heterocycles. The minimum Gasteiger partial charge on any atom is -0.394 e. The summed E-state index contributed by atoms with van der Waals surface area (Å²) in [7, 11) is -3.47. The predicted octanol–water partition coefficient (Wildman–Crippen LogP) is 2.73. The number of hydrogen-bond acceptors (Lipinski definition) is 5. The van der Waals surface area contributed by atoms with Gasteiger partial charge in [-0.05, 0) is 29.6 Å². The fourth-order valence-corrected chi connectivity index (χ4v) is 3.78. The van der Waals surface area contributed by atoms with Crippen molar-refractivity contribution in [2.45, 2.75) is 24.7 Å². The molecule has 0 atom stereocenters. The molecule has 22 heavy (non-hydrogen) atoms. The summed E-state index contributed by atoms with van der Waals surface area (Å²) in [5, 5.41) is 0. The second-order valence-electron chi connectivity index (χ2n) is 5.41. The first-order valence-electron chi connectivity index (χ1n) is 7.15. The molecular weight excluding hydrogens is 326 g/mol. The van der Waals surface area contributed by atoms with Gasteiger partial charge in [-0.3, -0.25) is 4.79 Å². The second kappa shape index (κ2) is 5.68. The molecule has 5 nitrogen and oxygen atoms in total. The molecule has 1 saturated carbocycles. The Labute approximate surface area is 134 Å². The second-order valence-corrected chi connectivity index (χ2v) is 8.04. The molecule has 1 heterocycles. The minimum atomic E-state index is -3.47. The fourth-order valence-electron chi connectivity index (χ4n) is 2.49. The number of rotatable bonds is 5. The summed E-state index contributed by atoms with van der Waals surface area (Å²) < 4.78 is 25.5. The molecule has 0 spiro atoms. The number of ketones is 1. The van der Waals surface area contributed by atoms with Crippen LogP contribution in [0.5, 0.6) is 0 Å². The third-order valence-electron chi connectivity index (χ3n) is 3.85. The van der Waals surface area contributed by atoms with Gasteiger partial charge in [0.1, 0.15) is 5.76 Å². The van der Waals surface area contributed by atoms with E-state index in [1.807, 2.05) is 0 Å². The summed E-state index contributed by atoms with van der Waals surface area (Å²) >= 11 is 5.86. The number of sulfone groups is 1. The van der Waals surface area contributed by atoms with Crippen LogP contribution in [0.4, 0.5) is 0 Å². The number of halogens is 1. The molecule has 1 aromatic rings. The zero-order valence-corrected chi connectivity index (χ0v) is 13.7. The monoisotopic (exact) mass is 341 g/mol. The molecule has 0 radical (unpaired) electrons. The van der Waals surface area contributed by atoms with Crippen LogP contribution in [-0.2, 0) is 14.7 Å². The van der Waals surface area contributed by atoms with E-state index in [2.05, 4.69) is 0 Å². The maximum Gasteiger partial charge on any atom is 0.195 e. The number of carbonyl (C=O) groups excluding carboxylic acids is 1. The molecule has 1 aromatic carbocycles. The molecule has 0 bridgehead atoms. The Balaban J connectivity index is 2.05. The lowest BCUT2D eigenvalue weighted by Gasteiger charge is -2.09. The normalized spacial score (nSPS) is 19.4. The molecule has 1 fully saturated rings. The van der Waals surface area contributed by atoms with Gasteiger partial charge >= 0.3 is 0 Å². The lowest BCUT2D eigenvalue weighted by atomic mass is 10.0. The van der Waals surface area contributed by atoms with E-state index in [4.69, 9.17) is 16.6 Å². The summed E-state index contributed by atoms with van der Waals surface area (Å²) in [6, 6.07) is 6.29. The van der Waals surface area contributed by atoms with Crippen LogP contribution >= 0.6 is 11.8 Å². The first kappa shape index (κ1) is 15.5. The molecule has 0 N–H and O–H groups in total. The molecule has 0 saturated heterocycles. The van der Waals surface area contributed by atoms with Gasteiger partial charge in [0.2, 0.25) is 0 Å². The van der Waals surface area contributed by atoms with Crippen molar-refractivity contribution in [3.05, 3.63) is 41.2 Å². The van der Waals surface area contributed by atoms with Crippen molar-refractivity contribution in [1.29, 1.82) is 0 Å². The van der Waals surface area contributed by atoms with E-state index in [1.54, 1.807) is 25.1 Å². The Hall–Kier alpha value is -1.37. The van der Waals surface area contributed by atoms with Gasteiger partial charge in [-0.2, -0.15) is 0 Å². The summed E-state index contributed by atoms with van der Waals surface area (Å²) in [5.74, 6) is 0.434. The Kier molecular flexibility index (Phi) is 4.01. The highest BCUT2D eigenvalue weighted by Crippen LogP contribution is 2.42. The summed E-state index contributed by atoms with van der Waals surface area (Å²) in [4.78, 5) is 18.3. The highest BCUT2D eigenvalue weighted by molar-refractivity contribution is 7.91. The van der Waals surface area contributed by atoms with Gasteiger partial charge in [0.05, 0.1) is 22.8 Å².